The highest BCUT2D eigenvalue weighted by molar-refractivity contribution is 5.07. The molecule has 1 atom stereocenters. The third-order valence-corrected chi connectivity index (χ3v) is 3.47. The fourth-order valence-electron chi connectivity index (χ4n) is 2.61. The van der Waals surface area contributed by atoms with Crippen LogP contribution in [0.25, 0.3) is 0 Å². The van der Waals surface area contributed by atoms with E-state index in [0.29, 0.717) is 19.0 Å². The van der Waals surface area contributed by atoms with Crippen LogP contribution in [0.5, 0.6) is 0 Å². The van der Waals surface area contributed by atoms with E-state index < -0.39 is 18.1 Å². The molecule has 0 bridgehead atoms. The molecule has 19 heavy (non-hydrogen) atoms. The number of alkyl halides is 3. The van der Waals surface area contributed by atoms with Gasteiger partial charge in [-0.2, -0.15) is 13.2 Å². The molecule has 0 aromatic rings. The van der Waals surface area contributed by atoms with Gasteiger partial charge in [-0.3, -0.25) is 4.90 Å². The van der Waals surface area contributed by atoms with Crippen molar-refractivity contribution < 1.29 is 13.2 Å². The second kappa shape index (κ2) is 6.65. The van der Waals surface area contributed by atoms with Gasteiger partial charge in [0.15, 0.2) is 0 Å². The second-order valence-corrected chi connectivity index (χ2v) is 5.98. The van der Waals surface area contributed by atoms with Crippen LogP contribution in [0, 0.1) is 29.6 Å². The highest BCUT2D eigenvalue weighted by Gasteiger charge is 2.45. The summed E-state index contributed by atoms with van der Waals surface area (Å²) in [6.07, 6.45) is -2.64. The van der Waals surface area contributed by atoms with Crippen molar-refractivity contribution in [2.24, 2.45) is 17.8 Å². The summed E-state index contributed by atoms with van der Waals surface area (Å²) in [5.41, 5.74) is 0. The average Bonchev–Trinajstić information content (AvgIpc) is 2.25. The van der Waals surface area contributed by atoms with Gasteiger partial charge in [0, 0.05) is 11.8 Å². The zero-order chi connectivity index (χ0) is 14.6. The quantitative estimate of drug-likeness (QED) is 0.690. The Kier molecular flexibility index (Phi) is 5.73. The summed E-state index contributed by atoms with van der Waals surface area (Å²) in [5.74, 6) is 6.50. The molecule has 0 amide bonds. The summed E-state index contributed by atoms with van der Waals surface area (Å²) < 4.78 is 39.1. The van der Waals surface area contributed by atoms with Crippen molar-refractivity contribution in [1.82, 2.24) is 4.90 Å². The molecule has 1 unspecified atom stereocenters. The predicted molar refractivity (Wildman–Crippen MR) is 71.6 cm³/mol. The van der Waals surface area contributed by atoms with E-state index in [2.05, 4.69) is 11.8 Å². The lowest BCUT2D eigenvalue weighted by Crippen LogP contribution is -2.51. The lowest BCUT2D eigenvalue weighted by molar-refractivity contribution is -0.197. The molecule has 110 valence electrons. The van der Waals surface area contributed by atoms with Gasteiger partial charge in [0.05, 0.1) is 0 Å². The van der Waals surface area contributed by atoms with Crippen LogP contribution < -0.4 is 0 Å². The lowest BCUT2D eigenvalue weighted by atomic mass is 9.93. The first-order valence-electron chi connectivity index (χ1n) is 7.03. The fraction of sp³-hybridized carbons (Fsp3) is 0.867. The molecular formula is C15H24F3N. The monoisotopic (exact) mass is 275 g/mol. The van der Waals surface area contributed by atoms with Crippen LogP contribution in [0.1, 0.15) is 40.5 Å². The van der Waals surface area contributed by atoms with Gasteiger partial charge in [-0.25, -0.2) is 0 Å². The molecule has 1 fully saturated rings. The molecule has 4 heteroatoms. The van der Waals surface area contributed by atoms with Gasteiger partial charge in [0.2, 0.25) is 0 Å². The second-order valence-electron chi connectivity index (χ2n) is 5.98. The lowest BCUT2D eigenvalue weighted by Gasteiger charge is -2.39. The summed E-state index contributed by atoms with van der Waals surface area (Å²) >= 11 is 0. The van der Waals surface area contributed by atoms with Crippen LogP contribution in [-0.4, -0.2) is 30.2 Å². The molecule has 1 rings (SSSR count). The Morgan fingerprint density at radius 2 is 1.58 bits per heavy atom. The van der Waals surface area contributed by atoms with Crippen molar-refractivity contribution in [3.05, 3.63) is 0 Å². The van der Waals surface area contributed by atoms with Gasteiger partial charge in [-0.1, -0.05) is 33.6 Å². The Bertz CT molecular complexity index is 328. The largest absolute Gasteiger partial charge is 0.404 e. The smallest absolute Gasteiger partial charge is 0.292 e. The summed E-state index contributed by atoms with van der Waals surface area (Å²) in [5, 5.41) is 0. The normalized spacial score (nSPS) is 20.5. The maximum absolute atomic E-state index is 13.0. The minimum absolute atomic E-state index is 0.264. The summed E-state index contributed by atoms with van der Waals surface area (Å²) in [4.78, 5) is 1.58. The number of hydrogen-bond donors (Lipinski definition) is 0. The zero-order valence-corrected chi connectivity index (χ0v) is 12.2. The molecule has 0 aliphatic carbocycles. The number of likely N-dealkylation sites (tertiary alicyclic amines) is 1. The van der Waals surface area contributed by atoms with Crippen molar-refractivity contribution >= 4 is 0 Å². The van der Waals surface area contributed by atoms with Gasteiger partial charge < -0.3 is 0 Å². The Hall–Kier alpha value is -0.690. The average molecular weight is 275 g/mol. The van der Waals surface area contributed by atoms with E-state index >= 15 is 0 Å². The molecule has 1 nitrogen and oxygen atoms in total. The van der Waals surface area contributed by atoms with Gasteiger partial charge in [-0.05, 0) is 31.8 Å². The summed E-state index contributed by atoms with van der Waals surface area (Å²) in [6, 6.07) is -1.31. The van der Waals surface area contributed by atoms with Crippen molar-refractivity contribution in [3.63, 3.8) is 0 Å². The molecule has 0 aromatic heterocycles. The van der Waals surface area contributed by atoms with Crippen molar-refractivity contribution in [3.8, 4) is 11.8 Å². The van der Waals surface area contributed by atoms with E-state index in [1.54, 1.807) is 18.7 Å². The van der Waals surface area contributed by atoms with E-state index in [0.717, 1.165) is 12.8 Å². The van der Waals surface area contributed by atoms with E-state index in [-0.39, 0.29) is 5.92 Å². The Labute approximate surface area is 114 Å². The van der Waals surface area contributed by atoms with Crippen molar-refractivity contribution in [2.75, 3.05) is 13.1 Å². The summed E-state index contributed by atoms with van der Waals surface area (Å²) in [6.45, 7) is 8.34. The van der Waals surface area contributed by atoms with Crippen LogP contribution in [0.15, 0.2) is 0 Å². The van der Waals surface area contributed by atoms with Crippen LogP contribution >= 0.6 is 0 Å². The van der Waals surface area contributed by atoms with E-state index in [1.165, 1.54) is 0 Å². The van der Waals surface area contributed by atoms with Crippen molar-refractivity contribution in [2.45, 2.75) is 52.8 Å². The van der Waals surface area contributed by atoms with Gasteiger partial charge >= 0.3 is 6.18 Å². The minimum atomic E-state index is -4.13. The first-order chi connectivity index (χ1) is 8.71. The standard InChI is InChI=1S/C15H24F3N/c1-11(2)5-6-13-7-9-19(10-8-13)14(12(3)4)15(16,17)18/h11-14H,7-10H2,1-4H3. The third-order valence-electron chi connectivity index (χ3n) is 3.47. The molecule has 1 heterocycles. The predicted octanol–water partition coefficient (Wildman–Crippen LogP) is 3.94. The van der Waals surface area contributed by atoms with Gasteiger partial charge in [0.1, 0.15) is 6.04 Å². The van der Waals surface area contributed by atoms with Gasteiger partial charge in [0.25, 0.3) is 0 Å². The minimum Gasteiger partial charge on any atom is -0.292 e. The van der Waals surface area contributed by atoms with E-state index in [4.69, 9.17) is 0 Å². The number of hydrogen-bond acceptors (Lipinski definition) is 1. The molecule has 0 saturated carbocycles. The SMILES string of the molecule is CC(C)C#CC1CCN(C(C(C)C)C(F)(F)F)CC1. The number of piperidine rings is 1. The van der Waals surface area contributed by atoms with Crippen LogP contribution in [0.3, 0.4) is 0 Å². The van der Waals surface area contributed by atoms with E-state index in [1.807, 2.05) is 13.8 Å². The number of nitrogens with zero attached hydrogens (tertiary/aromatic N) is 1. The maximum Gasteiger partial charge on any atom is 0.404 e. The summed E-state index contributed by atoms with van der Waals surface area (Å²) in [7, 11) is 0. The molecule has 0 aromatic carbocycles. The van der Waals surface area contributed by atoms with Crippen LogP contribution in [0.4, 0.5) is 13.2 Å². The van der Waals surface area contributed by atoms with Crippen LogP contribution in [-0.2, 0) is 0 Å². The molecular weight excluding hydrogens is 251 g/mol. The molecule has 1 aliphatic heterocycles. The Balaban J connectivity index is 2.60. The van der Waals surface area contributed by atoms with Crippen molar-refractivity contribution in [1.29, 1.82) is 0 Å². The third kappa shape index (κ3) is 5.06. The maximum atomic E-state index is 13.0. The zero-order valence-electron chi connectivity index (χ0n) is 12.2. The fourth-order valence-corrected chi connectivity index (χ4v) is 2.61. The highest BCUT2D eigenvalue weighted by Crippen LogP contribution is 2.32. The van der Waals surface area contributed by atoms with E-state index in [9.17, 15) is 13.2 Å². The number of rotatable bonds is 2. The molecule has 0 spiro atoms. The highest BCUT2D eigenvalue weighted by atomic mass is 19.4. The molecule has 0 radical (unpaired) electrons. The first-order valence-corrected chi connectivity index (χ1v) is 7.03. The molecule has 1 aliphatic rings. The topological polar surface area (TPSA) is 3.24 Å². The number of halogens is 3. The van der Waals surface area contributed by atoms with Crippen LogP contribution in [0.2, 0.25) is 0 Å². The first kappa shape index (κ1) is 16.4. The Morgan fingerprint density at radius 1 is 1.05 bits per heavy atom. The Morgan fingerprint density at radius 3 is 1.95 bits per heavy atom. The molecule has 0 N–H and O–H groups in total. The molecule has 1 saturated heterocycles. The van der Waals surface area contributed by atoms with Gasteiger partial charge in [-0.15, -0.1) is 5.92 Å².